The molecule has 0 spiro atoms. The number of benzene rings is 1. The molecule has 2 nitrogen and oxygen atoms in total. The Morgan fingerprint density at radius 3 is 2.45 bits per heavy atom. The summed E-state index contributed by atoms with van der Waals surface area (Å²) < 4.78 is 29.5. The molecule has 3 atom stereocenters. The van der Waals surface area contributed by atoms with Gasteiger partial charge in [0.15, 0.2) is 11.6 Å². The lowest BCUT2D eigenvalue weighted by Crippen LogP contribution is -2.17. The Balaban J connectivity index is 2.76. The smallest absolute Gasteiger partial charge is 0.184 e. The summed E-state index contributed by atoms with van der Waals surface area (Å²) in [5, 5.41) is -0.364. The Kier molecular flexibility index (Phi) is 4.33. The molecule has 0 saturated carbocycles. The first kappa shape index (κ1) is 15.2. The zero-order chi connectivity index (χ0) is 15.0. The molecule has 0 bridgehead atoms. The number of rotatable bonds is 4. The Morgan fingerprint density at radius 2 is 1.90 bits per heavy atom. The van der Waals surface area contributed by atoms with Crippen LogP contribution in [0.2, 0.25) is 0 Å². The summed E-state index contributed by atoms with van der Waals surface area (Å²) in [5.74, 6) is -0.819. The lowest BCUT2D eigenvalue weighted by Gasteiger charge is -2.24. The highest BCUT2D eigenvalue weighted by atomic mass is 35.5. The van der Waals surface area contributed by atoms with Crippen LogP contribution in [0, 0.1) is 17.6 Å². The summed E-state index contributed by atoms with van der Waals surface area (Å²) in [7, 11) is 0. The number of fused-ring (bicyclic) bond motifs is 1. The monoisotopic (exact) mass is 300 g/mol. The second-order valence-electron chi connectivity index (χ2n) is 5.31. The van der Waals surface area contributed by atoms with Crippen molar-refractivity contribution in [2.24, 2.45) is 5.92 Å². The standard InChI is InChI=1S/C15H19ClF2N2/c1-5-8(2)10(4)20-14-12(19-15(20)9(3)16)7-6-11(17)13(14)18/h6-10H,5H2,1-4H3. The van der Waals surface area contributed by atoms with Gasteiger partial charge in [-0.15, -0.1) is 11.6 Å². The lowest BCUT2D eigenvalue weighted by atomic mass is 10.00. The highest BCUT2D eigenvalue weighted by molar-refractivity contribution is 6.20. The van der Waals surface area contributed by atoms with Crippen LogP contribution in [0.25, 0.3) is 11.0 Å². The van der Waals surface area contributed by atoms with Gasteiger partial charge < -0.3 is 4.57 Å². The topological polar surface area (TPSA) is 17.8 Å². The number of imidazole rings is 1. The molecule has 0 aliphatic rings. The number of hydrogen-bond acceptors (Lipinski definition) is 1. The minimum atomic E-state index is -0.858. The van der Waals surface area contributed by atoms with Crippen LogP contribution in [0.4, 0.5) is 8.78 Å². The van der Waals surface area contributed by atoms with Crippen LogP contribution in [0.1, 0.15) is 51.4 Å². The summed E-state index contributed by atoms with van der Waals surface area (Å²) in [6, 6.07) is 2.60. The third kappa shape index (κ3) is 2.41. The maximum atomic E-state index is 14.2. The molecule has 5 heteroatoms. The zero-order valence-corrected chi connectivity index (χ0v) is 12.9. The molecule has 110 valence electrons. The minimum absolute atomic E-state index is 0.00231. The number of hydrogen-bond donors (Lipinski definition) is 0. The van der Waals surface area contributed by atoms with Crippen LogP contribution >= 0.6 is 11.6 Å². The largest absolute Gasteiger partial charge is 0.321 e. The molecular weight excluding hydrogens is 282 g/mol. The Labute approximate surface area is 122 Å². The van der Waals surface area contributed by atoms with Crippen molar-refractivity contribution in [3.63, 3.8) is 0 Å². The lowest BCUT2D eigenvalue weighted by molar-refractivity contribution is 0.365. The molecule has 3 unspecified atom stereocenters. The van der Waals surface area contributed by atoms with E-state index < -0.39 is 11.6 Å². The van der Waals surface area contributed by atoms with Crippen LogP contribution in [0.3, 0.4) is 0 Å². The van der Waals surface area contributed by atoms with Crippen LogP contribution in [-0.2, 0) is 0 Å². The summed E-state index contributed by atoms with van der Waals surface area (Å²) in [4.78, 5) is 4.38. The summed E-state index contributed by atoms with van der Waals surface area (Å²) >= 11 is 6.16. The first-order valence-corrected chi connectivity index (χ1v) is 7.32. The predicted octanol–water partition coefficient (Wildman–Crippen LogP) is 5.22. The summed E-state index contributed by atoms with van der Waals surface area (Å²) in [6.07, 6.45) is 0.938. The van der Waals surface area contributed by atoms with Gasteiger partial charge in [0.05, 0.1) is 10.9 Å². The predicted molar refractivity (Wildman–Crippen MR) is 78.1 cm³/mol. The second-order valence-corrected chi connectivity index (χ2v) is 5.97. The van der Waals surface area contributed by atoms with Gasteiger partial charge >= 0.3 is 0 Å². The van der Waals surface area contributed by atoms with E-state index in [2.05, 4.69) is 18.8 Å². The molecule has 20 heavy (non-hydrogen) atoms. The van der Waals surface area contributed by atoms with Gasteiger partial charge in [-0.2, -0.15) is 0 Å². The molecule has 0 aliphatic carbocycles. The maximum Gasteiger partial charge on any atom is 0.184 e. The van der Waals surface area contributed by atoms with Gasteiger partial charge in [0.1, 0.15) is 11.3 Å². The van der Waals surface area contributed by atoms with E-state index in [1.165, 1.54) is 6.07 Å². The average Bonchev–Trinajstić information content (AvgIpc) is 2.81. The molecule has 0 aliphatic heterocycles. The summed E-state index contributed by atoms with van der Waals surface area (Å²) in [5.41, 5.74) is 0.654. The van der Waals surface area contributed by atoms with E-state index in [0.717, 1.165) is 12.5 Å². The molecule has 1 aromatic carbocycles. The first-order valence-electron chi connectivity index (χ1n) is 6.88. The van der Waals surface area contributed by atoms with E-state index in [4.69, 9.17) is 11.6 Å². The fourth-order valence-electron chi connectivity index (χ4n) is 2.43. The quantitative estimate of drug-likeness (QED) is 0.708. The number of aromatic nitrogens is 2. The number of nitrogens with zero attached hydrogens (tertiary/aromatic N) is 2. The van der Waals surface area contributed by atoms with Crippen molar-refractivity contribution in [2.45, 2.75) is 45.5 Å². The van der Waals surface area contributed by atoms with Gasteiger partial charge in [-0.05, 0) is 31.9 Å². The third-order valence-corrected chi connectivity index (χ3v) is 4.20. The highest BCUT2D eigenvalue weighted by Gasteiger charge is 2.25. The molecule has 0 radical (unpaired) electrons. The molecule has 0 N–H and O–H groups in total. The van der Waals surface area contributed by atoms with E-state index in [9.17, 15) is 8.78 Å². The minimum Gasteiger partial charge on any atom is -0.321 e. The van der Waals surface area contributed by atoms with Crippen molar-refractivity contribution in [1.29, 1.82) is 0 Å². The van der Waals surface area contributed by atoms with Gasteiger partial charge in [-0.1, -0.05) is 20.3 Å². The van der Waals surface area contributed by atoms with Crippen molar-refractivity contribution in [2.75, 3.05) is 0 Å². The van der Waals surface area contributed by atoms with Crippen LogP contribution in [0.15, 0.2) is 12.1 Å². The van der Waals surface area contributed by atoms with Crippen molar-refractivity contribution >= 4 is 22.6 Å². The molecule has 2 rings (SSSR count). The van der Waals surface area contributed by atoms with Crippen LogP contribution in [-0.4, -0.2) is 9.55 Å². The molecule has 0 saturated heterocycles. The van der Waals surface area contributed by atoms with Crippen molar-refractivity contribution in [3.05, 3.63) is 29.6 Å². The van der Waals surface area contributed by atoms with E-state index in [1.54, 1.807) is 11.5 Å². The van der Waals surface area contributed by atoms with Gasteiger partial charge in [0.25, 0.3) is 0 Å². The fourth-order valence-corrected chi connectivity index (χ4v) is 2.58. The molecular formula is C15H19ClF2N2. The van der Waals surface area contributed by atoms with Crippen LogP contribution < -0.4 is 0 Å². The number of alkyl halides is 1. The SMILES string of the molecule is CCC(C)C(C)n1c(C(C)Cl)nc2ccc(F)c(F)c21. The fraction of sp³-hybridized carbons (Fsp3) is 0.533. The Bertz CT molecular complexity index is 622. The van der Waals surface area contributed by atoms with E-state index in [0.29, 0.717) is 17.3 Å². The molecule has 1 heterocycles. The highest BCUT2D eigenvalue weighted by Crippen LogP contribution is 2.33. The van der Waals surface area contributed by atoms with Gasteiger partial charge in [-0.3, -0.25) is 0 Å². The molecule has 2 aromatic rings. The Hall–Kier alpha value is -1.16. The maximum absolute atomic E-state index is 14.2. The first-order chi connectivity index (χ1) is 9.38. The van der Waals surface area contributed by atoms with E-state index in [-0.39, 0.29) is 16.9 Å². The van der Waals surface area contributed by atoms with Crippen LogP contribution in [0.5, 0.6) is 0 Å². The van der Waals surface area contributed by atoms with Crippen molar-refractivity contribution in [3.8, 4) is 0 Å². The molecule has 0 fully saturated rings. The summed E-state index contributed by atoms with van der Waals surface area (Å²) in [6.45, 7) is 7.93. The van der Waals surface area contributed by atoms with Gasteiger partial charge in [0, 0.05) is 6.04 Å². The normalized spacial score (nSPS) is 16.4. The van der Waals surface area contributed by atoms with E-state index in [1.807, 2.05) is 6.92 Å². The third-order valence-electron chi connectivity index (χ3n) is 4.00. The van der Waals surface area contributed by atoms with Crippen molar-refractivity contribution in [1.82, 2.24) is 9.55 Å². The van der Waals surface area contributed by atoms with Gasteiger partial charge in [0.2, 0.25) is 0 Å². The second kappa shape index (κ2) is 5.68. The van der Waals surface area contributed by atoms with Gasteiger partial charge in [-0.25, -0.2) is 13.8 Å². The zero-order valence-electron chi connectivity index (χ0n) is 12.1. The Morgan fingerprint density at radius 1 is 1.25 bits per heavy atom. The molecule has 1 aromatic heterocycles. The number of halogens is 3. The molecule has 0 amide bonds. The van der Waals surface area contributed by atoms with E-state index >= 15 is 0 Å². The average molecular weight is 301 g/mol. The van der Waals surface area contributed by atoms with Crippen molar-refractivity contribution < 1.29 is 8.78 Å².